The van der Waals surface area contributed by atoms with Gasteiger partial charge >= 0.3 is 181 Å². The van der Waals surface area contributed by atoms with Crippen LogP contribution in [0.4, 0.5) is 0 Å². The molecule has 0 amide bonds. The Morgan fingerprint density at radius 1 is 0.571 bits per heavy atom. The summed E-state index contributed by atoms with van der Waals surface area (Å²) < 4.78 is 2.35. The second-order valence-electron chi connectivity index (χ2n) is 10.6. The summed E-state index contributed by atoms with van der Waals surface area (Å²) in [7, 11) is -0.502. The Kier molecular flexibility index (Phi) is 10.1. The second kappa shape index (κ2) is 14.7. The second-order valence-corrected chi connectivity index (χ2v) is 16.5. The van der Waals surface area contributed by atoms with Crippen LogP contribution in [0.25, 0.3) is 6.08 Å². The molecule has 0 bridgehead atoms. The van der Waals surface area contributed by atoms with Gasteiger partial charge in [-0.2, -0.15) is 0 Å². The molecule has 0 saturated heterocycles. The zero-order valence-electron chi connectivity index (χ0n) is 23.8. The Morgan fingerprint density at radius 2 is 1.07 bits per heavy atom. The van der Waals surface area contributed by atoms with Gasteiger partial charge in [-0.1, -0.05) is 60.7 Å². The van der Waals surface area contributed by atoms with Gasteiger partial charge in [0.25, 0.3) is 0 Å². The first-order valence-electron chi connectivity index (χ1n) is 14.8. The van der Waals surface area contributed by atoms with Gasteiger partial charge in [-0.3, -0.25) is 0 Å². The molecular formula is C40H35PZr. The van der Waals surface area contributed by atoms with Crippen molar-refractivity contribution in [2.75, 3.05) is 0 Å². The molecule has 0 aromatic heterocycles. The average Bonchev–Trinajstić information content (AvgIpc) is 3.71. The van der Waals surface area contributed by atoms with Crippen LogP contribution in [-0.2, 0) is 36.1 Å². The molecule has 0 aliphatic heterocycles. The molecule has 42 heavy (non-hydrogen) atoms. The molecule has 0 saturated carbocycles. The van der Waals surface area contributed by atoms with Crippen molar-refractivity contribution in [3.05, 3.63) is 195 Å². The first kappa shape index (κ1) is 28.7. The molecule has 0 heterocycles. The van der Waals surface area contributed by atoms with E-state index in [1.165, 1.54) is 33.7 Å². The maximum atomic E-state index is 2.52. The van der Waals surface area contributed by atoms with E-state index in [9.17, 15) is 0 Å². The smallest absolute Gasteiger partial charge is 0.0238 e. The fourth-order valence-electron chi connectivity index (χ4n) is 5.57. The summed E-state index contributed by atoms with van der Waals surface area (Å²) >= 11 is -0.738. The number of hydrogen-bond acceptors (Lipinski definition) is 0. The summed E-state index contributed by atoms with van der Waals surface area (Å²) in [5.74, 6) is 0. The number of rotatable bonds is 8. The fourth-order valence-corrected chi connectivity index (χ4v) is 13.0. The van der Waals surface area contributed by atoms with Crippen LogP contribution in [0, 0.1) is 0 Å². The molecule has 204 valence electrons. The van der Waals surface area contributed by atoms with Crippen LogP contribution < -0.4 is 10.6 Å². The third-order valence-electron chi connectivity index (χ3n) is 7.68. The minimum Gasteiger partial charge on any atom is -0.0622 e. The van der Waals surface area contributed by atoms with Crippen molar-refractivity contribution >= 4 is 24.6 Å². The Hall–Kier alpha value is -3.37. The number of benzene rings is 5. The van der Waals surface area contributed by atoms with Gasteiger partial charge in [-0.05, 0) is 24.0 Å². The summed E-state index contributed by atoms with van der Waals surface area (Å²) in [5, 5.41) is 4.59. The van der Waals surface area contributed by atoms with Crippen LogP contribution in [0.2, 0.25) is 0 Å². The molecule has 5 aromatic carbocycles. The normalized spacial score (nSPS) is 14.9. The molecule has 7 rings (SSSR count). The zero-order valence-corrected chi connectivity index (χ0v) is 27.2. The molecule has 5 aromatic rings. The molecule has 1 unspecified atom stereocenters. The van der Waals surface area contributed by atoms with E-state index in [1.54, 1.807) is 14.2 Å². The number of aryl methyl sites for hydroxylation is 2. The predicted octanol–water partition coefficient (Wildman–Crippen LogP) is 9.61. The van der Waals surface area contributed by atoms with E-state index in [-0.39, 0.29) is 0 Å². The average molecular weight is 638 g/mol. The number of allylic oxidation sites excluding steroid dienone is 5. The van der Waals surface area contributed by atoms with Gasteiger partial charge in [0.15, 0.2) is 0 Å². The molecule has 2 heteroatoms. The van der Waals surface area contributed by atoms with Crippen LogP contribution >= 0.6 is 7.92 Å². The third-order valence-corrected chi connectivity index (χ3v) is 14.9. The molecule has 0 radical (unpaired) electrons. The number of hydrogen-bond donors (Lipinski definition) is 0. The molecule has 0 spiro atoms. The van der Waals surface area contributed by atoms with Crippen molar-refractivity contribution in [3.8, 4) is 0 Å². The fraction of sp³-hybridized carbons (Fsp3) is 0.100. The van der Waals surface area contributed by atoms with Crippen LogP contribution in [0.5, 0.6) is 0 Å². The summed E-state index contributed by atoms with van der Waals surface area (Å²) in [6.07, 6.45) is 12.9. The van der Waals surface area contributed by atoms with Crippen molar-refractivity contribution in [3.63, 3.8) is 0 Å². The van der Waals surface area contributed by atoms with Crippen LogP contribution in [-0.4, -0.2) is 0 Å². The van der Waals surface area contributed by atoms with E-state index >= 15 is 0 Å². The quantitative estimate of drug-likeness (QED) is 0.149. The van der Waals surface area contributed by atoms with E-state index in [0.717, 1.165) is 12.8 Å². The Labute approximate surface area is 263 Å². The maximum Gasteiger partial charge on any atom is -0.0238 e. The van der Waals surface area contributed by atoms with E-state index < -0.39 is 31.2 Å². The SMILES string of the molecule is C1=CC[C]([Zr][CH]2C(P(c3ccccc3)c3ccccc3)=Cc3ccccc32)=C1.c1ccc(CCc2ccccc2)cc1. The molecule has 2 aliphatic carbocycles. The van der Waals surface area contributed by atoms with Gasteiger partial charge in [0, 0.05) is 0 Å². The Balaban J connectivity index is 0.000000189. The predicted molar refractivity (Wildman–Crippen MR) is 178 cm³/mol. The van der Waals surface area contributed by atoms with Crippen molar-refractivity contribution in [1.82, 2.24) is 0 Å². The summed E-state index contributed by atoms with van der Waals surface area (Å²) in [6, 6.07) is 52.6. The zero-order chi connectivity index (χ0) is 28.4. The molecule has 2 aliphatic rings. The first-order valence-corrected chi connectivity index (χ1v) is 18.7. The Morgan fingerprint density at radius 3 is 1.60 bits per heavy atom. The molecular weight excluding hydrogens is 603 g/mol. The van der Waals surface area contributed by atoms with Gasteiger partial charge in [0.05, 0.1) is 0 Å². The molecule has 1 atom stereocenters. The molecule has 0 N–H and O–H groups in total. The van der Waals surface area contributed by atoms with Gasteiger partial charge in [0.2, 0.25) is 0 Å². The van der Waals surface area contributed by atoms with Crippen LogP contribution in [0.3, 0.4) is 0 Å². The van der Waals surface area contributed by atoms with Gasteiger partial charge < -0.3 is 0 Å². The number of fused-ring (bicyclic) bond motifs is 1. The minimum absolute atomic E-state index is 0.502. The van der Waals surface area contributed by atoms with Gasteiger partial charge in [0.1, 0.15) is 0 Å². The molecule has 0 nitrogen and oxygen atoms in total. The largest absolute Gasteiger partial charge is 0.0622 e. The standard InChI is InChI=1S/C21H16P.C14H14.C5H5.Zr/c1-3-11-19(12-4-1)22(20-13-5-2-6-14-20)21-15-17-9-7-8-10-18(17)16-21;1-3-7-13(8-4-1)11-12-14-9-5-2-6-10-14;1-2-4-5-3-1;/h1-16H;1-10H,11-12H2;1-3H,4H2;. The summed E-state index contributed by atoms with van der Waals surface area (Å²) in [5.41, 5.74) is 5.83. The monoisotopic (exact) mass is 636 g/mol. The summed E-state index contributed by atoms with van der Waals surface area (Å²) in [4.78, 5) is 0. The van der Waals surface area contributed by atoms with E-state index in [1.807, 2.05) is 0 Å². The van der Waals surface area contributed by atoms with E-state index in [4.69, 9.17) is 0 Å². The maximum absolute atomic E-state index is 2.52. The summed E-state index contributed by atoms with van der Waals surface area (Å²) in [6.45, 7) is 0. The third kappa shape index (κ3) is 7.33. The van der Waals surface area contributed by atoms with E-state index in [0.29, 0.717) is 3.63 Å². The van der Waals surface area contributed by atoms with Crippen molar-refractivity contribution < 1.29 is 23.2 Å². The van der Waals surface area contributed by atoms with Gasteiger partial charge in [-0.15, -0.1) is 0 Å². The van der Waals surface area contributed by atoms with Crippen LogP contribution in [0.1, 0.15) is 32.3 Å². The first-order chi connectivity index (χ1) is 20.8. The van der Waals surface area contributed by atoms with Crippen molar-refractivity contribution in [1.29, 1.82) is 0 Å². The topological polar surface area (TPSA) is 0 Å². The van der Waals surface area contributed by atoms with Crippen molar-refractivity contribution in [2.24, 2.45) is 0 Å². The van der Waals surface area contributed by atoms with Gasteiger partial charge in [-0.25, -0.2) is 0 Å². The Bertz CT molecular complexity index is 1580. The van der Waals surface area contributed by atoms with E-state index in [2.05, 4.69) is 170 Å². The van der Waals surface area contributed by atoms with Crippen LogP contribution in [0.15, 0.2) is 172 Å². The molecule has 0 fully saturated rings. The van der Waals surface area contributed by atoms with Crippen molar-refractivity contribution in [2.45, 2.75) is 22.9 Å². The minimum atomic E-state index is -0.738.